The first-order valence-electron chi connectivity index (χ1n) is 5.22. The van der Waals surface area contributed by atoms with Crippen LogP contribution >= 0.6 is 0 Å². The molecule has 2 rings (SSSR count). The average Bonchev–Trinajstić information content (AvgIpc) is 2.21. The molecule has 0 spiro atoms. The quantitative estimate of drug-likeness (QED) is 0.571. The van der Waals surface area contributed by atoms with Crippen LogP contribution in [0.2, 0.25) is 0 Å². The Morgan fingerprint density at radius 1 is 0.714 bits per heavy atom. The molecule has 0 aromatic heterocycles. The molecule has 0 bridgehead atoms. The summed E-state index contributed by atoms with van der Waals surface area (Å²) in [5, 5.41) is 0. The van der Waals surface area contributed by atoms with E-state index in [-0.39, 0.29) is 14.0 Å². The summed E-state index contributed by atoms with van der Waals surface area (Å²) >= 11 is 0. The molecule has 0 aromatic carbocycles. The van der Waals surface area contributed by atoms with Gasteiger partial charge in [-0.2, -0.15) is 0 Å². The van der Waals surface area contributed by atoms with Gasteiger partial charge in [-0.15, -0.1) is 0 Å². The molecule has 78 valence electrons. The van der Waals surface area contributed by atoms with Gasteiger partial charge in [0.15, 0.2) is 0 Å². The lowest BCUT2D eigenvalue weighted by Crippen LogP contribution is -2.53. The van der Waals surface area contributed by atoms with Gasteiger partial charge in [0.2, 0.25) is 0 Å². The highest BCUT2D eigenvalue weighted by Gasteiger charge is 2.43. The largest absolute Gasteiger partial charge is 0.488 e. The Bertz CT molecular complexity index is 156. The summed E-state index contributed by atoms with van der Waals surface area (Å²) in [7, 11) is -0.669. The molecule has 2 heterocycles. The molecule has 4 nitrogen and oxygen atoms in total. The lowest BCUT2D eigenvalue weighted by atomic mass is 9.47. The van der Waals surface area contributed by atoms with Crippen LogP contribution in [-0.4, -0.2) is 40.4 Å². The summed E-state index contributed by atoms with van der Waals surface area (Å²) in [4.78, 5) is 0. The molecule has 0 unspecified atom stereocenters. The highest BCUT2D eigenvalue weighted by atomic mass is 16.7. The number of hydrogen-bond acceptors (Lipinski definition) is 4. The Balaban J connectivity index is 1.78. The minimum atomic E-state index is -0.335. The van der Waals surface area contributed by atoms with Crippen molar-refractivity contribution in [3.63, 3.8) is 0 Å². The second kappa shape index (κ2) is 4.66. The summed E-state index contributed by atoms with van der Waals surface area (Å²) in [6.45, 7) is 7.10. The Morgan fingerprint density at radius 3 is 1.29 bits per heavy atom. The molecule has 0 N–H and O–H groups in total. The monoisotopic (exact) mass is 198 g/mol. The van der Waals surface area contributed by atoms with Crippen molar-refractivity contribution in [2.45, 2.75) is 13.8 Å². The lowest BCUT2D eigenvalue weighted by molar-refractivity contribution is 0.0619. The molecule has 2 aliphatic rings. The Labute approximate surface area is 85.5 Å². The standard InChI is InChI=1S/C8H16B2O4/c1-7-3-11-9(12-4-7)10-13-5-8(2)6-14-10/h7-8H,3-6H2,1-2H3. The van der Waals surface area contributed by atoms with Crippen molar-refractivity contribution < 1.29 is 18.6 Å². The van der Waals surface area contributed by atoms with E-state index in [2.05, 4.69) is 13.8 Å². The highest BCUT2D eigenvalue weighted by molar-refractivity contribution is 7.10. The van der Waals surface area contributed by atoms with E-state index in [1.807, 2.05) is 0 Å². The van der Waals surface area contributed by atoms with E-state index in [4.69, 9.17) is 18.6 Å². The van der Waals surface area contributed by atoms with Gasteiger partial charge in [-0.1, -0.05) is 13.8 Å². The second-order valence-corrected chi connectivity index (χ2v) is 4.28. The van der Waals surface area contributed by atoms with Gasteiger partial charge in [0.25, 0.3) is 0 Å². The van der Waals surface area contributed by atoms with Crippen LogP contribution in [0.15, 0.2) is 0 Å². The van der Waals surface area contributed by atoms with Crippen molar-refractivity contribution >= 4 is 14.0 Å². The molecule has 2 aliphatic heterocycles. The van der Waals surface area contributed by atoms with Crippen LogP contribution < -0.4 is 0 Å². The van der Waals surface area contributed by atoms with Crippen molar-refractivity contribution in [2.75, 3.05) is 26.4 Å². The highest BCUT2D eigenvalue weighted by Crippen LogP contribution is 2.15. The first kappa shape index (κ1) is 10.5. The lowest BCUT2D eigenvalue weighted by Gasteiger charge is -2.31. The molecule has 6 heteroatoms. The molecule has 0 atom stereocenters. The number of hydrogen-bond donors (Lipinski definition) is 0. The third-order valence-corrected chi connectivity index (χ3v) is 2.40. The molecule has 0 radical (unpaired) electrons. The van der Waals surface area contributed by atoms with Crippen LogP contribution in [0.25, 0.3) is 0 Å². The summed E-state index contributed by atoms with van der Waals surface area (Å²) in [6, 6.07) is 0. The van der Waals surface area contributed by atoms with Gasteiger partial charge >= 0.3 is 14.0 Å². The van der Waals surface area contributed by atoms with Gasteiger partial charge in [-0.05, 0) is 11.8 Å². The Kier molecular flexibility index (Phi) is 3.49. The van der Waals surface area contributed by atoms with Crippen LogP contribution in [0.3, 0.4) is 0 Å². The molecule has 2 fully saturated rings. The van der Waals surface area contributed by atoms with Crippen LogP contribution in [0.5, 0.6) is 0 Å². The van der Waals surface area contributed by atoms with Crippen molar-refractivity contribution in [3.8, 4) is 0 Å². The van der Waals surface area contributed by atoms with Gasteiger partial charge in [0.1, 0.15) is 0 Å². The van der Waals surface area contributed by atoms with Crippen molar-refractivity contribution in [2.24, 2.45) is 11.8 Å². The topological polar surface area (TPSA) is 36.9 Å². The molecular weight excluding hydrogens is 182 g/mol. The maximum atomic E-state index is 5.49. The third kappa shape index (κ3) is 2.51. The smallest absolute Gasteiger partial charge is 0.413 e. The summed E-state index contributed by atoms with van der Waals surface area (Å²) in [5.41, 5.74) is 0. The summed E-state index contributed by atoms with van der Waals surface area (Å²) < 4.78 is 22.0. The van der Waals surface area contributed by atoms with E-state index in [1.165, 1.54) is 0 Å². The van der Waals surface area contributed by atoms with E-state index >= 15 is 0 Å². The van der Waals surface area contributed by atoms with Crippen LogP contribution in [-0.2, 0) is 18.6 Å². The first-order valence-corrected chi connectivity index (χ1v) is 5.22. The number of rotatable bonds is 1. The maximum Gasteiger partial charge on any atom is 0.488 e. The van der Waals surface area contributed by atoms with Gasteiger partial charge in [-0.25, -0.2) is 0 Å². The van der Waals surface area contributed by atoms with Gasteiger partial charge in [0.05, 0.1) is 0 Å². The molecule has 0 saturated carbocycles. The van der Waals surface area contributed by atoms with E-state index in [1.54, 1.807) is 0 Å². The van der Waals surface area contributed by atoms with E-state index < -0.39 is 0 Å². The van der Waals surface area contributed by atoms with Crippen molar-refractivity contribution in [1.82, 2.24) is 0 Å². The SMILES string of the molecule is CC1COB(B2OCC(C)CO2)OC1. The normalized spacial score (nSPS) is 27.0. The Hall–Kier alpha value is -0.0301. The fraction of sp³-hybridized carbons (Fsp3) is 1.00. The summed E-state index contributed by atoms with van der Waals surface area (Å²) in [5.74, 6) is 0.933. The molecule has 2 saturated heterocycles. The van der Waals surface area contributed by atoms with Crippen LogP contribution in [0.4, 0.5) is 0 Å². The maximum absolute atomic E-state index is 5.49. The van der Waals surface area contributed by atoms with Crippen molar-refractivity contribution in [3.05, 3.63) is 0 Å². The van der Waals surface area contributed by atoms with Gasteiger partial charge in [0, 0.05) is 26.4 Å². The van der Waals surface area contributed by atoms with Gasteiger partial charge in [-0.3, -0.25) is 0 Å². The predicted molar refractivity (Wildman–Crippen MR) is 53.6 cm³/mol. The van der Waals surface area contributed by atoms with Crippen LogP contribution in [0, 0.1) is 11.8 Å². The molecular formula is C8H16B2O4. The first-order chi connectivity index (χ1) is 6.75. The van der Waals surface area contributed by atoms with Gasteiger partial charge < -0.3 is 18.6 Å². The fourth-order valence-electron chi connectivity index (χ4n) is 1.54. The fourth-order valence-corrected chi connectivity index (χ4v) is 1.54. The zero-order valence-electron chi connectivity index (χ0n) is 8.77. The van der Waals surface area contributed by atoms with E-state index in [9.17, 15) is 0 Å². The molecule has 0 aromatic rings. The predicted octanol–water partition coefficient (Wildman–Crippen LogP) is 0.407. The zero-order valence-corrected chi connectivity index (χ0v) is 8.77. The third-order valence-electron chi connectivity index (χ3n) is 2.40. The average molecular weight is 198 g/mol. The van der Waals surface area contributed by atoms with E-state index in [0.29, 0.717) is 11.8 Å². The van der Waals surface area contributed by atoms with E-state index in [0.717, 1.165) is 26.4 Å². The molecule has 0 amide bonds. The molecule has 0 aliphatic carbocycles. The van der Waals surface area contributed by atoms with Crippen molar-refractivity contribution in [1.29, 1.82) is 0 Å². The van der Waals surface area contributed by atoms with Crippen LogP contribution in [0.1, 0.15) is 13.8 Å². The minimum Gasteiger partial charge on any atom is -0.413 e. The minimum absolute atomic E-state index is 0.335. The second-order valence-electron chi connectivity index (χ2n) is 4.28. The summed E-state index contributed by atoms with van der Waals surface area (Å²) in [6.07, 6.45) is 0. The Morgan fingerprint density at radius 2 is 1.00 bits per heavy atom. The molecule has 14 heavy (non-hydrogen) atoms. The zero-order chi connectivity index (χ0) is 9.97.